The van der Waals surface area contributed by atoms with Gasteiger partial charge in [0.25, 0.3) is 0 Å². The molecule has 0 saturated heterocycles. The van der Waals surface area contributed by atoms with Crippen LogP contribution in [0.2, 0.25) is 0 Å². The van der Waals surface area contributed by atoms with Gasteiger partial charge in [-0.25, -0.2) is 4.79 Å². The van der Waals surface area contributed by atoms with Gasteiger partial charge >= 0.3 is 6.03 Å². The Hall–Kier alpha value is -2.24. The maximum Gasteiger partial charge on any atom is 0.320 e. The number of hydrogen-bond acceptors (Lipinski definition) is 3. The Morgan fingerprint density at radius 3 is 2.86 bits per heavy atom. The van der Waals surface area contributed by atoms with Crippen molar-refractivity contribution in [1.82, 2.24) is 15.5 Å². The minimum absolute atomic E-state index is 0.0802. The second-order valence-corrected chi connectivity index (χ2v) is 6.06. The number of nitrogens with zero attached hydrogens (tertiary/aromatic N) is 1. The molecule has 2 amide bonds. The normalized spacial score (nSPS) is 15.4. The van der Waals surface area contributed by atoms with E-state index in [1.165, 1.54) is 12.8 Å². The molecule has 1 fully saturated rings. The molecule has 1 aliphatic rings. The standard InChI is InChI=1S/C16H22N4O2/c1-10(2)17-16(21)18-15-13-8-7-12(9-14(13)19-20-15)22-11-5-3-4-6-11/h7-11H,3-6H2,1-2H3,(H3,17,18,19,20,21). The van der Waals surface area contributed by atoms with Crippen LogP contribution in [0.1, 0.15) is 39.5 Å². The van der Waals surface area contributed by atoms with Gasteiger partial charge in [0, 0.05) is 17.5 Å². The molecular weight excluding hydrogens is 280 g/mol. The number of urea groups is 1. The Bertz CT molecular complexity index is 659. The highest BCUT2D eigenvalue weighted by Gasteiger charge is 2.17. The van der Waals surface area contributed by atoms with E-state index in [4.69, 9.17) is 4.74 Å². The van der Waals surface area contributed by atoms with E-state index in [2.05, 4.69) is 20.8 Å². The Balaban J connectivity index is 1.73. The van der Waals surface area contributed by atoms with Gasteiger partial charge in [-0.1, -0.05) is 0 Å². The number of benzene rings is 1. The molecule has 6 heteroatoms. The zero-order valence-electron chi connectivity index (χ0n) is 13.0. The molecule has 3 rings (SSSR count). The fourth-order valence-corrected chi connectivity index (χ4v) is 2.77. The van der Waals surface area contributed by atoms with E-state index in [-0.39, 0.29) is 12.1 Å². The lowest BCUT2D eigenvalue weighted by atomic mass is 10.2. The van der Waals surface area contributed by atoms with E-state index in [0.29, 0.717) is 11.9 Å². The fraction of sp³-hybridized carbons (Fsp3) is 0.500. The number of aromatic nitrogens is 2. The van der Waals surface area contributed by atoms with Gasteiger partial charge in [0.15, 0.2) is 5.82 Å². The minimum atomic E-state index is -0.255. The lowest BCUT2D eigenvalue weighted by Gasteiger charge is -2.12. The first kappa shape index (κ1) is 14.7. The Morgan fingerprint density at radius 1 is 1.36 bits per heavy atom. The predicted octanol–water partition coefficient (Wildman–Crippen LogP) is 3.41. The number of carbonyl (C=O) groups excluding carboxylic acids is 1. The van der Waals surface area contributed by atoms with Gasteiger partial charge in [0.2, 0.25) is 0 Å². The van der Waals surface area contributed by atoms with Crippen molar-refractivity contribution in [2.45, 2.75) is 51.7 Å². The van der Waals surface area contributed by atoms with Crippen LogP contribution in [0.5, 0.6) is 5.75 Å². The van der Waals surface area contributed by atoms with Gasteiger partial charge in [-0.3, -0.25) is 10.4 Å². The third kappa shape index (κ3) is 3.32. The van der Waals surface area contributed by atoms with E-state index in [9.17, 15) is 4.79 Å². The molecule has 1 heterocycles. The smallest absolute Gasteiger partial charge is 0.320 e. The van der Waals surface area contributed by atoms with Crippen LogP contribution in [0, 0.1) is 0 Å². The molecule has 22 heavy (non-hydrogen) atoms. The average Bonchev–Trinajstić information content (AvgIpc) is 3.08. The average molecular weight is 302 g/mol. The monoisotopic (exact) mass is 302 g/mol. The van der Waals surface area contributed by atoms with Crippen molar-refractivity contribution in [1.29, 1.82) is 0 Å². The van der Waals surface area contributed by atoms with E-state index in [1.807, 2.05) is 32.0 Å². The molecule has 3 N–H and O–H groups in total. The molecule has 0 unspecified atom stereocenters. The maximum atomic E-state index is 11.8. The van der Waals surface area contributed by atoms with Crippen molar-refractivity contribution < 1.29 is 9.53 Å². The molecule has 6 nitrogen and oxygen atoms in total. The molecule has 0 radical (unpaired) electrons. The largest absolute Gasteiger partial charge is 0.490 e. The molecule has 1 aliphatic carbocycles. The summed E-state index contributed by atoms with van der Waals surface area (Å²) >= 11 is 0. The van der Waals surface area contributed by atoms with Crippen LogP contribution in [0.3, 0.4) is 0 Å². The minimum Gasteiger partial charge on any atom is -0.490 e. The van der Waals surface area contributed by atoms with Crippen LogP contribution in [0.15, 0.2) is 18.2 Å². The van der Waals surface area contributed by atoms with E-state index in [1.54, 1.807) is 0 Å². The van der Waals surface area contributed by atoms with Crippen LogP contribution < -0.4 is 15.4 Å². The van der Waals surface area contributed by atoms with Crippen molar-refractivity contribution in [3.05, 3.63) is 18.2 Å². The number of nitrogens with one attached hydrogen (secondary N) is 3. The first-order valence-corrected chi connectivity index (χ1v) is 7.84. The van der Waals surface area contributed by atoms with Gasteiger partial charge in [-0.2, -0.15) is 5.10 Å². The number of aromatic amines is 1. The Labute approximate surface area is 129 Å². The summed E-state index contributed by atoms with van der Waals surface area (Å²) in [6, 6.07) is 5.62. The van der Waals surface area contributed by atoms with E-state index < -0.39 is 0 Å². The molecule has 0 atom stereocenters. The summed E-state index contributed by atoms with van der Waals surface area (Å²) < 4.78 is 5.98. The summed E-state index contributed by atoms with van der Waals surface area (Å²) in [5, 5.41) is 13.5. The number of H-pyrrole nitrogens is 1. The maximum absolute atomic E-state index is 11.8. The third-order valence-electron chi connectivity index (χ3n) is 3.79. The van der Waals surface area contributed by atoms with E-state index >= 15 is 0 Å². The van der Waals surface area contributed by atoms with Crippen molar-refractivity contribution in [3.63, 3.8) is 0 Å². The van der Waals surface area contributed by atoms with Crippen LogP contribution in [-0.2, 0) is 0 Å². The molecular formula is C16H22N4O2. The zero-order chi connectivity index (χ0) is 15.5. The number of rotatable bonds is 4. The molecule has 1 saturated carbocycles. The number of amides is 2. The third-order valence-corrected chi connectivity index (χ3v) is 3.79. The molecule has 2 aromatic rings. The van der Waals surface area contributed by atoms with Gasteiger partial charge in [-0.15, -0.1) is 0 Å². The first-order chi connectivity index (χ1) is 10.6. The lowest BCUT2D eigenvalue weighted by molar-refractivity contribution is 0.210. The van der Waals surface area contributed by atoms with E-state index in [0.717, 1.165) is 29.5 Å². The van der Waals surface area contributed by atoms with Crippen LogP contribution in [0.25, 0.3) is 10.9 Å². The lowest BCUT2D eigenvalue weighted by Crippen LogP contribution is -2.34. The summed E-state index contributed by atoms with van der Waals surface area (Å²) in [6.07, 6.45) is 5.08. The first-order valence-electron chi connectivity index (χ1n) is 7.84. The van der Waals surface area contributed by atoms with Gasteiger partial charge < -0.3 is 10.1 Å². The van der Waals surface area contributed by atoms with Crippen molar-refractivity contribution in [2.24, 2.45) is 0 Å². The topological polar surface area (TPSA) is 79.0 Å². The Kier molecular flexibility index (Phi) is 4.18. The summed E-state index contributed by atoms with van der Waals surface area (Å²) in [4.78, 5) is 11.8. The molecule has 0 aliphatic heterocycles. The quantitative estimate of drug-likeness (QED) is 0.809. The summed E-state index contributed by atoms with van der Waals surface area (Å²) in [6.45, 7) is 3.82. The van der Waals surface area contributed by atoms with Crippen LogP contribution in [0.4, 0.5) is 10.6 Å². The van der Waals surface area contributed by atoms with Crippen molar-refractivity contribution in [3.8, 4) is 5.75 Å². The highest BCUT2D eigenvalue weighted by molar-refractivity contribution is 5.99. The molecule has 118 valence electrons. The highest BCUT2D eigenvalue weighted by atomic mass is 16.5. The number of fused-ring (bicyclic) bond motifs is 1. The molecule has 1 aromatic heterocycles. The number of carbonyl (C=O) groups is 1. The highest BCUT2D eigenvalue weighted by Crippen LogP contribution is 2.28. The molecule has 0 spiro atoms. The predicted molar refractivity (Wildman–Crippen MR) is 86.3 cm³/mol. The SMILES string of the molecule is CC(C)NC(=O)Nc1n[nH]c2cc(OC3CCCC3)ccc12. The molecule has 1 aromatic carbocycles. The molecule has 0 bridgehead atoms. The van der Waals surface area contributed by atoms with Crippen LogP contribution >= 0.6 is 0 Å². The van der Waals surface area contributed by atoms with Crippen LogP contribution in [-0.4, -0.2) is 28.4 Å². The number of hydrogen-bond donors (Lipinski definition) is 3. The summed E-state index contributed by atoms with van der Waals surface area (Å²) in [5.74, 6) is 1.38. The van der Waals surface area contributed by atoms with Gasteiger partial charge in [0.1, 0.15) is 5.75 Å². The summed E-state index contributed by atoms with van der Waals surface area (Å²) in [7, 11) is 0. The second-order valence-electron chi connectivity index (χ2n) is 6.06. The van der Waals surface area contributed by atoms with Gasteiger partial charge in [-0.05, 0) is 51.7 Å². The van der Waals surface area contributed by atoms with Gasteiger partial charge in [0.05, 0.1) is 11.6 Å². The fourth-order valence-electron chi connectivity index (χ4n) is 2.77. The Morgan fingerprint density at radius 2 is 2.14 bits per heavy atom. The second kappa shape index (κ2) is 6.25. The summed E-state index contributed by atoms with van der Waals surface area (Å²) in [5.41, 5.74) is 0.857. The van der Waals surface area contributed by atoms with Crippen molar-refractivity contribution in [2.75, 3.05) is 5.32 Å². The number of ether oxygens (including phenoxy) is 1. The zero-order valence-corrected chi connectivity index (χ0v) is 13.0. The van der Waals surface area contributed by atoms with Crippen molar-refractivity contribution >= 4 is 22.8 Å². The number of anilines is 1.